The summed E-state index contributed by atoms with van der Waals surface area (Å²) in [6.07, 6.45) is 1.75. The molecule has 0 spiro atoms. The van der Waals surface area contributed by atoms with Crippen LogP contribution in [0.1, 0.15) is 11.1 Å². The van der Waals surface area contributed by atoms with Crippen LogP contribution in [0.5, 0.6) is 11.5 Å². The zero-order valence-corrected chi connectivity index (χ0v) is 13.3. The Morgan fingerprint density at radius 1 is 1.08 bits per heavy atom. The molecule has 2 aromatic rings. The molecule has 1 aromatic heterocycles. The first kappa shape index (κ1) is 14.8. The molecule has 1 aromatic carbocycles. The normalized spacial score (nSPS) is 16.9. The highest BCUT2D eigenvalue weighted by Gasteiger charge is 2.21. The minimum Gasteiger partial charge on any atom is -0.454 e. The van der Waals surface area contributed by atoms with E-state index in [2.05, 4.69) is 33.0 Å². The predicted octanol–water partition coefficient (Wildman–Crippen LogP) is 2.00. The van der Waals surface area contributed by atoms with Crippen LogP contribution in [0.25, 0.3) is 0 Å². The summed E-state index contributed by atoms with van der Waals surface area (Å²) >= 11 is 0. The van der Waals surface area contributed by atoms with Crippen LogP contribution in [0, 0.1) is 11.3 Å². The Hall–Kier alpha value is -2.78. The maximum atomic E-state index is 9.22. The van der Waals surface area contributed by atoms with Crippen molar-refractivity contribution in [3.63, 3.8) is 0 Å². The van der Waals surface area contributed by atoms with Crippen molar-refractivity contribution >= 4 is 5.82 Å². The number of nitriles is 1. The van der Waals surface area contributed by atoms with Crippen molar-refractivity contribution in [1.82, 2.24) is 9.88 Å². The molecule has 24 heavy (non-hydrogen) atoms. The molecule has 4 rings (SSSR count). The molecule has 6 nitrogen and oxygen atoms in total. The second-order valence-corrected chi connectivity index (χ2v) is 5.94. The highest BCUT2D eigenvalue weighted by molar-refractivity contribution is 5.53. The third kappa shape index (κ3) is 2.86. The van der Waals surface area contributed by atoms with Gasteiger partial charge in [0, 0.05) is 38.9 Å². The molecule has 122 valence electrons. The molecule has 2 aliphatic heterocycles. The Kier molecular flexibility index (Phi) is 3.93. The van der Waals surface area contributed by atoms with Gasteiger partial charge in [-0.25, -0.2) is 4.98 Å². The highest BCUT2D eigenvalue weighted by Crippen LogP contribution is 2.33. The van der Waals surface area contributed by atoms with Crippen LogP contribution in [-0.4, -0.2) is 42.9 Å². The van der Waals surface area contributed by atoms with Crippen LogP contribution in [0.3, 0.4) is 0 Å². The van der Waals surface area contributed by atoms with Gasteiger partial charge in [0.2, 0.25) is 6.79 Å². The summed E-state index contributed by atoms with van der Waals surface area (Å²) in [6, 6.07) is 12.0. The van der Waals surface area contributed by atoms with E-state index < -0.39 is 0 Å². The van der Waals surface area contributed by atoms with Gasteiger partial charge in [0.15, 0.2) is 11.5 Å². The zero-order chi connectivity index (χ0) is 16.4. The summed E-state index contributed by atoms with van der Waals surface area (Å²) in [6.45, 7) is 4.82. The molecule has 1 saturated heterocycles. The summed E-state index contributed by atoms with van der Waals surface area (Å²) in [5.41, 5.74) is 1.87. The molecule has 6 heteroatoms. The van der Waals surface area contributed by atoms with Crippen LogP contribution >= 0.6 is 0 Å². The molecule has 0 unspecified atom stereocenters. The Morgan fingerprint density at radius 2 is 1.92 bits per heavy atom. The number of fused-ring (bicyclic) bond motifs is 1. The van der Waals surface area contributed by atoms with Crippen LogP contribution in [0.15, 0.2) is 36.5 Å². The minimum absolute atomic E-state index is 0.308. The molecule has 1 fully saturated rings. The molecule has 2 aliphatic rings. The predicted molar refractivity (Wildman–Crippen MR) is 89.0 cm³/mol. The van der Waals surface area contributed by atoms with Crippen LogP contribution in [0.2, 0.25) is 0 Å². The summed E-state index contributed by atoms with van der Waals surface area (Å²) in [5.74, 6) is 2.45. The van der Waals surface area contributed by atoms with E-state index in [9.17, 15) is 5.26 Å². The van der Waals surface area contributed by atoms with Crippen LogP contribution < -0.4 is 14.4 Å². The zero-order valence-electron chi connectivity index (χ0n) is 13.3. The van der Waals surface area contributed by atoms with Gasteiger partial charge in [-0.2, -0.15) is 5.26 Å². The Balaban J connectivity index is 1.39. The van der Waals surface area contributed by atoms with E-state index in [4.69, 9.17) is 9.47 Å². The average molecular weight is 322 g/mol. The third-order valence-electron chi connectivity index (χ3n) is 4.42. The van der Waals surface area contributed by atoms with Gasteiger partial charge in [-0.1, -0.05) is 6.07 Å². The summed E-state index contributed by atoms with van der Waals surface area (Å²) in [5, 5.41) is 9.22. The lowest BCUT2D eigenvalue weighted by molar-refractivity contribution is 0.174. The quantitative estimate of drug-likeness (QED) is 0.861. The van der Waals surface area contributed by atoms with Gasteiger partial charge in [0.05, 0.1) is 5.56 Å². The van der Waals surface area contributed by atoms with Gasteiger partial charge >= 0.3 is 0 Å². The number of piperazine rings is 1. The Labute approximate surface area is 140 Å². The first-order valence-electron chi connectivity index (χ1n) is 8.04. The number of aromatic nitrogens is 1. The van der Waals surface area contributed by atoms with Gasteiger partial charge in [0.25, 0.3) is 0 Å². The topological polar surface area (TPSA) is 61.6 Å². The number of hydrogen-bond donors (Lipinski definition) is 0. The number of hydrogen-bond acceptors (Lipinski definition) is 6. The van der Waals surface area contributed by atoms with E-state index in [1.807, 2.05) is 12.1 Å². The Morgan fingerprint density at radius 3 is 2.75 bits per heavy atom. The van der Waals surface area contributed by atoms with E-state index in [1.165, 1.54) is 5.56 Å². The van der Waals surface area contributed by atoms with Gasteiger partial charge in [-0.05, 0) is 29.8 Å². The molecule has 0 bridgehead atoms. The fraction of sp³-hybridized carbons (Fsp3) is 0.333. The third-order valence-corrected chi connectivity index (χ3v) is 4.42. The van der Waals surface area contributed by atoms with Gasteiger partial charge in [-0.15, -0.1) is 0 Å². The lowest BCUT2D eigenvalue weighted by Gasteiger charge is -2.35. The molecular formula is C18H18N4O2. The molecule has 0 radical (unpaired) electrons. The minimum atomic E-state index is 0.308. The molecule has 0 amide bonds. The van der Waals surface area contributed by atoms with E-state index in [0.717, 1.165) is 50.0 Å². The van der Waals surface area contributed by atoms with Crippen molar-refractivity contribution in [1.29, 1.82) is 5.26 Å². The molecule has 0 atom stereocenters. The summed E-state index contributed by atoms with van der Waals surface area (Å²) in [7, 11) is 0. The number of benzene rings is 1. The van der Waals surface area contributed by atoms with E-state index >= 15 is 0 Å². The molecule has 0 aliphatic carbocycles. The lowest BCUT2D eigenvalue weighted by atomic mass is 10.1. The van der Waals surface area contributed by atoms with Gasteiger partial charge < -0.3 is 14.4 Å². The number of nitrogens with zero attached hydrogens (tertiary/aromatic N) is 4. The molecular weight excluding hydrogens is 304 g/mol. The fourth-order valence-electron chi connectivity index (χ4n) is 3.15. The Bertz CT molecular complexity index is 779. The first-order valence-corrected chi connectivity index (χ1v) is 8.04. The SMILES string of the molecule is N#Cc1cccnc1N1CCN(Cc2ccc3c(c2)OCO3)CC1. The largest absolute Gasteiger partial charge is 0.454 e. The van der Waals surface area contributed by atoms with Crippen molar-refractivity contribution in [2.45, 2.75) is 6.54 Å². The molecule has 0 N–H and O–H groups in total. The fourth-order valence-corrected chi connectivity index (χ4v) is 3.15. The summed E-state index contributed by atoms with van der Waals surface area (Å²) in [4.78, 5) is 8.97. The first-order chi connectivity index (χ1) is 11.8. The second kappa shape index (κ2) is 6.38. The van der Waals surface area contributed by atoms with Crippen LogP contribution in [-0.2, 0) is 6.54 Å². The number of pyridine rings is 1. The summed E-state index contributed by atoms with van der Waals surface area (Å²) < 4.78 is 10.8. The van der Waals surface area contributed by atoms with E-state index in [1.54, 1.807) is 12.3 Å². The second-order valence-electron chi connectivity index (χ2n) is 5.94. The van der Waals surface area contributed by atoms with Crippen LogP contribution in [0.4, 0.5) is 5.82 Å². The maximum absolute atomic E-state index is 9.22. The van der Waals surface area contributed by atoms with Gasteiger partial charge in [-0.3, -0.25) is 4.90 Å². The molecule has 0 saturated carbocycles. The van der Waals surface area contributed by atoms with Crippen molar-refractivity contribution in [2.75, 3.05) is 37.9 Å². The highest BCUT2D eigenvalue weighted by atomic mass is 16.7. The van der Waals surface area contributed by atoms with Crippen molar-refractivity contribution < 1.29 is 9.47 Å². The van der Waals surface area contributed by atoms with E-state index in [-0.39, 0.29) is 0 Å². The average Bonchev–Trinajstić information content (AvgIpc) is 3.10. The van der Waals surface area contributed by atoms with E-state index in [0.29, 0.717) is 12.4 Å². The number of anilines is 1. The standard InChI is InChI=1S/C18H18N4O2/c19-11-15-2-1-5-20-18(15)22-8-6-21(7-9-22)12-14-3-4-16-17(10-14)24-13-23-16/h1-5,10H,6-9,12-13H2. The van der Waals surface area contributed by atoms with Crippen molar-refractivity contribution in [2.24, 2.45) is 0 Å². The van der Waals surface area contributed by atoms with Crippen molar-refractivity contribution in [3.8, 4) is 17.6 Å². The number of ether oxygens (including phenoxy) is 2. The lowest BCUT2D eigenvalue weighted by Crippen LogP contribution is -2.46. The molecule has 3 heterocycles. The monoisotopic (exact) mass is 322 g/mol. The maximum Gasteiger partial charge on any atom is 0.231 e. The van der Waals surface area contributed by atoms with Crippen molar-refractivity contribution in [3.05, 3.63) is 47.7 Å². The smallest absolute Gasteiger partial charge is 0.231 e. The van der Waals surface area contributed by atoms with Gasteiger partial charge in [0.1, 0.15) is 11.9 Å². The number of rotatable bonds is 3.